The zero-order chi connectivity index (χ0) is 23.2. The predicted octanol–water partition coefficient (Wildman–Crippen LogP) is 5.34. The molecule has 2 heterocycles. The van der Waals surface area contributed by atoms with Gasteiger partial charge in [0.2, 0.25) is 5.91 Å². The molecule has 0 spiro atoms. The van der Waals surface area contributed by atoms with Crippen LogP contribution in [0.2, 0.25) is 5.02 Å². The molecule has 4 rings (SSSR count). The summed E-state index contributed by atoms with van der Waals surface area (Å²) in [7, 11) is 0. The summed E-state index contributed by atoms with van der Waals surface area (Å²) in [6, 6.07) is 17.9. The maximum Gasteiger partial charge on any atom is 0.224 e. The number of likely N-dealkylation sites (tertiary alicyclic amines) is 1. The maximum absolute atomic E-state index is 13.2. The number of piperidine rings is 1. The second-order valence-electron chi connectivity index (χ2n) is 8.69. The molecule has 0 radical (unpaired) electrons. The van der Waals surface area contributed by atoms with E-state index in [9.17, 15) is 9.18 Å². The fourth-order valence-corrected chi connectivity index (χ4v) is 4.51. The van der Waals surface area contributed by atoms with Gasteiger partial charge in [-0.25, -0.2) is 4.39 Å². The number of carbonyl (C=O) groups excluding carboxylic acids is 1. The highest BCUT2D eigenvalue weighted by atomic mass is 35.5. The number of nitrogens with zero attached hydrogens (tertiary/aromatic N) is 2. The van der Waals surface area contributed by atoms with Crippen molar-refractivity contribution in [1.29, 1.82) is 0 Å². The standard InChI is InChI=1S/C27H29ClFN3O/c1-19-3-2-15-30-25(19)26(21-6-8-23(28)9-7-21)31-27(33)22-13-17-32(18-14-22)16-12-20-4-10-24(29)11-5-20/h2-11,15,22,26H,12-14,16-18H2,1H3,(H,31,33). The molecule has 1 atom stereocenters. The van der Waals surface area contributed by atoms with E-state index in [0.29, 0.717) is 5.02 Å². The smallest absolute Gasteiger partial charge is 0.224 e. The molecule has 6 heteroatoms. The highest BCUT2D eigenvalue weighted by Crippen LogP contribution is 2.26. The molecule has 1 fully saturated rings. The molecule has 33 heavy (non-hydrogen) atoms. The molecule has 1 unspecified atom stereocenters. The number of rotatable bonds is 7. The van der Waals surface area contributed by atoms with Gasteiger partial charge in [0, 0.05) is 23.7 Å². The fraction of sp³-hybridized carbons (Fsp3) is 0.333. The third-order valence-corrected chi connectivity index (χ3v) is 6.65. The van der Waals surface area contributed by atoms with Crippen molar-refractivity contribution in [3.63, 3.8) is 0 Å². The first-order valence-electron chi connectivity index (χ1n) is 11.4. The summed E-state index contributed by atoms with van der Waals surface area (Å²) in [5, 5.41) is 3.92. The van der Waals surface area contributed by atoms with Crippen molar-refractivity contribution in [2.24, 2.45) is 5.92 Å². The summed E-state index contributed by atoms with van der Waals surface area (Å²) in [5.74, 6) is -0.160. The van der Waals surface area contributed by atoms with E-state index in [1.165, 1.54) is 12.1 Å². The van der Waals surface area contributed by atoms with Crippen molar-refractivity contribution in [2.45, 2.75) is 32.2 Å². The molecule has 1 amide bonds. The highest BCUT2D eigenvalue weighted by Gasteiger charge is 2.28. The average Bonchev–Trinajstić information content (AvgIpc) is 2.83. The van der Waals surface area contributed by atoms with E-state index < -0.39 is 0 Å². The summed E-state index contributed by atoms with van der Waals surface area (Å²) in [4.78, 5) is 20.2. The van der Waals surface area contributed by atoms with Gasteiger partial charge < -0.3 is 10.2 Å². The fourth-order valence-electron chi connectivity index (χ4n) is 4.38. The number of halogens is 2. The predicted molar refractivity (Wildman–Crippen MR) is 130 cm³/mol. The first-order valence-corrected chi connectivity index (χ1v) is 11.8. The lowest BCUT2D eigenvalue weighted by Gasteiger charge is -2.32. The quantitative estimate of drug-likeness (QED) is 0.512. The number of hydrogen-bond acceptors (Lipinski definition) is 3. The van der Waals surface area contributed by atoms with Crippen molar-refractivity contribution < 1.29 is 9.18 Å². The zero-order valence-electron chi connectivity index (χ0n) is 18.8. The molecule has 1 aliphatic rings. The van der Waals surface area contributed by atoms with Gasteiger partial charge in [-0.05, 0) is 86.3 Å². The van der Waals surface area contributed by atoms with Crippen LogP contribution in [0.4, 0.5) is 4.39 Å². The van der Waals surface area contributed by atoms with Crippen LogP contribution < -0.4 is 5.32 Å². The van der Waals surface area contributed by atoms with E-state index in [-0.39, 0.29) is 23.7 Å². The normalized spacial score (nSPS) is 15.8. The summed E-state index contributed by atoms with van der Waals surface area (Å²) in [6.45, 7) is 4.69. The molecule has 4 nitrogen and oxygen atoms in total. The van der Waals surface area contributed by atoms with Crippen LogP contribution in [-0.4, -0.2) is 35.4 Å². The van der Waals surface area contributed by atoms with Crippen molar-refractivity contribution in [3.8, 4) is 0 Å². The monoisotopic (exact) mass is 465 g/mol. The van der Waals surface area contributed by atoms with Gasteiger partial charge in [-0.15, -0.1) is 0 Å². The summed E-state index contributed by atoms with van der Waals surface area (Å²) < 4.78 is 13.1. The van der Waals surface area contributed by atoms with Crippen LogP contribution in [-0.2, 0) is 11.2 Å². The van der Waals surface area contributed by atoms with Crippen LogP contribution in [0.3, 0.4) is 0 Å². The molecule has 1 N–H and O–H groups in total. The Hall–Kier alpha value is -2.76. The van der Waals surface area contributed by atoms with Crippen LogP contribution in [0.1, 0.15) is 41.3 Å². The molecule has 2 aromatic carbocycles. The Kier molecular flexibility index (Phi) is 7.73. The van der Waals surface area contributed by atoms with Gasteiger partial charge in [-0.3, -0.25) is 9.78 Å². The maximum atomic E-state index is 13.2. The van der Waals surface area contributed by atoms with Gasteiger partial charge in [0.15, 0.2) is 0 Å². The average molecular weight is 466 g/mol. The minimum atomic E-state index is -0.313. The largest absolute Gasteiger partial charge is 0.343 e. The SMILES string of the molecule is Cc1cccnc1C(NC(=O)C1CCN(CCc2ccc(F)cc2)CC1)c1ccc(Cl)cc1. The highest BCUT2D eigenvalue weighted by molar-refractivity contribution is 6.30. The lowest BCUT2D eigenvalue weighted by Crippen LogP contribution is -2.42. The summed E-state index contributed by atoms with van der Waals surface area (Å²) in [5.41, 5.74) is 3.98. The third-order valence-electron chi connectivity index (χ3n) is 6.40. The number of pyridine rings is 1. The summed E-state index contributed by atoms with van der Waals surface area (Å²) in [6.07, 6.45) is 4.29. The number of aryl methyl sites for hydroxylation is 1. The van der Waals surface area contributed by atoms with E-state index in [1.54, 1.807) is 6.20 Å². The van der Waals surface area contributed by atoms with E-state index >= 15 is 0 Å². The van der Waals surface area contributed by atoms with Crippen molar-refractivity contribution in [1.82, 2.24) is 15.2 Å². The van der Waals surface area contributed by atoms with Gasteiger partial charge in [-0.1, -0.05) is 41.9 Å². The van der Waals surface area contributed by atoms with Crippen LogP contribution in [0.5, 0.6) is 0 Å². The minimum Gasteiger partial charge on any atom is -0.343 e. The van der Waals surface area contributed by atoms with Crippen LogP contribution >= 0.6 is 11.6 Å². The molecular weight excluding hydrogens is 437 g/mol. The molecule has 3 aromatic rings. The van der Waals surface area contributed by atoms with Gasteiger partial charge in [0.1, 0.15) is 5.82 Å². The molecule has 1 saturated heterocycles. The number of benzene rings is 2. The van der Waals surface area contributed by atoms with Crippen LogP contribution in [0.25, 0.3) is 0 Å². The van der Waals surface area contributed by atoms with Crippen molar-refractivity contribution >= 4 is 17.5 Å². The van der Waals surface area contributed by atoms with Gasteiger partial charge in [0.05, 0.1) is 11.7 Å². The van der Waals surface area contributed by atoms with Gasteiger partial charge in [0.25, 0.3) is 0 Å². The third kappa shape index (κ3) is 6.18. The Morgan fingerprint density at radius 3 is 2.48 bits per heavy atom. The molecule has 0 saturated carbocycles. The minimum absolute atomic E-state index is 0.0223. The molecule has 0 aliphatic carbocycles. The molecular formula is C27H29ClFN3O. The second kappa shape index (κ2) is 10.9. The Labute approximate surface area is 199 Å². The van der Waals surface area contributed by atoms with Gasteiger partial charge >= 0.3 is 0 Å². The van der Waals surface area contributed by atoms with E-state index in [4.69, 9.17) is 11.6 Å². The van der Waals surface area contributed by atoms with E-state index in [1.807, 2.05) is 55.5 Å². The Balaban J connectivity index is 1.37. The Morgan fingerprint density at radius 1 is 1.12 bits per heavy atom. The number of aromatic nitrogens is 1. The number of nitrogens with one attached hydrogen (secondary N) is 1. The number of amides is 1. The second-order valence-corrected chi connectivity index (χ2v) is 9.13. The van der Waals surface area contributed by atoms with Crippen LogP contribution in [0.15, 0.2) is 66.9 Å². The lowest BCUT2D eigenvalue weighted by molar-refractivity contribution is -0.127. The molecule has 0 bridgehead atoms. The van der Waals surface area contributed by atoms with Crippen molar-refractivity contribution in [2.75, 3.05) is 19.6 Å². The first-order chi connectivity index (χ1) is 16.0. The van der Waals surface area contributed by atoms with E-state index in [2.05, 4.69) is 15.2 Å². The lowest BCUT2D eigenvalue weighted by atomic mass is 9.93. The molecule has 1 aliphatic heterocycles. The number of carbonyl (C=O) groups is 1. The molecule has 1 aromatic heterocycles. The Bertz CT molecular complexity index is 1060. The zero-order valence-corrected chi connectivity index (χ0v) is 19.6. The van der Waals surface area contributed by atoms with Gasteiger partial charge in [-0.2, -0.15) is 0 Å². The summed E-state index contributed by atoms with van der Waals surface area (Å²) >= 11 is 6.08. The number of hydrogen-bond donors (Lipinski definition) is 1. The Morgan fingerprint density at radius 2 is 1.82 bits per heavy atom. The first kappa shape index (κ1) is 23.4. The topological polar surface area (TPSA) is 45.2 Å². The molecule has 172 valence electrons. The van der Waals surface area contributed by atoms with Crippen molar-refractivity contribution in [3.05, 3.63) is 100 Å². The van der Waals surface area contributed by atoms with E-state index in [0.717, 1.165) is 61.3 Å². The van der Waals surface area contributed by atoms with Crippen LogP contribution in [0, 0.1) is 18.7 Å².